The van der Waals surface area contributed by atoms with Gasteiger partial charge in [0.15, 0.2) is 0 Å². The minimum absolute atomic E-state index is 0.770. The van der Waals surface area contributed by atoms with Crippen molar-refractivity contribution in [2.75, 3.05) is 0 Å². The van der Waals surface area contributed by atoms with Crippen molar-refractivity contribution in [1.82, 2.24) is 0 Å². The highest BCUT2D eigenvalue weighted by Gasteiger charge is 1.96. The van der Waals surface area contributed by atoms with Gasteiger partial charge in [-0.1, -0.05) is 43.6 Å². The van der Waals surface area contributed by atoms with Gasteiger partial charge < -0.3 is 0 Å². The Morgan fingerprint density at radius 3 is 2.33 bits per heavy atom. The zero-order valence-electron chi connectivity index (χ0n) is 11.0. The Kier molecular flexibility index (Phi) is 8.46. The molecule has 87 valence electrons. The molecule has 0 aliphatic heterocycles. The van der Waals surface area contributed by atoms with Crippen molar-refractivity contribution in [2.24, 2.45) is 5.92 Å². The van der Waals surface area contributed by atoms with E-state index in [1.807, 2.05) is 0 Å². The van der Waals surface area contributed by atoms with Gasteiger partial charge in [0, 0.05) is 0 Å². The lowest BCUT2D eigenvalue weighted by atomic mass is 10.0. The van der Waals surface area contributed by atoms with Crippen LogP contribution in [-0.2, 0) is 0 Å². The molecule has 0 aromatic heterocycles. The highest BCUT2D eigenvalue weighted by molar-refractivity contribution is 5.02. The van der Waals surface area contributed by atoms with E-state index in [9.17, 15) is 0 Å². The molecule has 0 bridgehead atoms. The standard InChI is InChI=1S/C15H27/c1-6-14(4)10-8-12-15(5)11-7-9-13(2)3/h9,12,14H,1,6-8,10-11H2,2-5H3. The van der Waals surface area contributed by atoms with E-state index in [-0.39, 0.29) is 0 Å². The van der Waals surface area contributed by atoms with Gasteiger partial charge in [0.1, 0.15) is 0 Å². The van der Waals surface area contributed by atoms with E-state index in [4.69, 9.17) is 0 Å². The Hall–Kier alpha value is -0.520. The Bertz CT molecular complexity index is 204. The Labute approximate surface area is 96.5 Å². The summed E-state index contributed by atoms with van der Waals surface area (Å²) < 4.78 is 0. The van der Waals surface area contributed by atoms with Crippen LogP contribution in [0.15, 0.2) is 23.3 Å². The molecule has 1 radical (unpaired) electrons. The van der Waals surface area contributed by atoms with Crippen LogP contribution in [0.5, 0.6) is 0 Å². The van der Waals surface area contributed by atoms with Gasteiger partial charge in [0.25, 0.3) is 0 Å². The van der Waals surface area contributed by atoms with Crippen molar-refractivity contribution in [3.63, 3.8) is 0 Å². The average molecular weight is 207 g/mol. The number of allylic oxidation sites excluding steroid dienone is 4. The molecular weight excluding hydrogens is 180 g/mol. The average Bonchev–Trinajstić information content (AvgIpc) is 2.17. The lowest BCUT2D eigenvalue weighted by molar-refractivity contribution is 0.543. The van der Waals surface area contributed by atoms with Gasteiger partial charge in [-0.15, -0.1) is 0 Å². The molecule has 0 saturated heterocycles. The molecule has 0 heterocycles. The Morgan fingerprint density at radius 1 is 1.13 bits per heavy atom. The van der Waals surface area contributed by atoms with Crippen LogP contribution >= 0.6 is 0 Å². The normalized spacial score (nSPS) is 13.8. The molecule has 1 atom stereocenters. The van der Waals surface area contributed by atoms with Gasteiger partial charge >= 0.3 is 0 Å². The summed E-state index contributed by atoms with van der Waals surface area (Å²) in [4.78, 5) is 0. The summed E-state index contributed by atoms with van der Waals surface area (Å²) in [6.07, 6.45) is 10.7. The van der Waals surface area contributed by atoms with E-state index in [1.165, 1.54) is 36.8 Å². The van der Waals surface area contributed by atoms with Gasteiger partial charge in [-0.25, -0.2) is 0 Å². The van der Waals surface area contributed by atoms with Gasteiger partial charge in [-0.2, -0.15) is 0 Å². The predicted octanol–water partition coefficient (Wildman–Crippen LogP) is 5.32. The molecule has 1 unspecified atom stereocenters. The minimum atomic E-state index is 0.770. The SMILES string of the molecule is [CH2]CC(C)CCC=C(C)CCC=C(C)C. The summed E-state index contributed by atoms with van der Waals surface area (Å²) in [5.41, 5.74) is 2.96. The molecular formula is C15H27. The van der Waals surface area contributed by atoms with Crippen LogP contribution in [0.2, 0.25) is 0 Å². The fraction of sp³-hybridized carbons (Fsp3) is 0.667. The summed E-state index contributed by atoms with van der Waals surface area (Å²) in [7, 11) is 0. The molecule has 0 aliphatic carbocycles. The van der Waals surface area contributed by atoms with E-state index in [0.717, 1.165) is 12.3 Å². The van der Waals surface area contributed by atoms with E-state index in [2.05, 4.69) is 46.8 Å². The number of hydrogen-bond acceptors (Lipinski definition) is 0. The Balaban J connectivity index is 3.65. The van der Waals surface area contributed by atoms with E-state index < -0.39 is 0 Å². The number of rotatable bonds is 7. The quantitative estimate of drug-likeness (QED) is 0.496. The third-order valence-electron chi connectivity index (χ3n) is 2.74. The van der Waals surface area contributed by atoms with Crippen molar-refractivity contribution in [1.29, 1.82) is 0 Å². The van der Waals surface area contributed by atoms with E-state index in [1.54, 1.807) is 0 Å². The van der Waals surface area contributed by atoms with Gasteiger partial charge in [-0.05, 0) is 52.4 Å². The fourth-order valence-corrected chi connectivity index (χ4v) is 1.45. The largest absolute Gasteiger partial charge is 0.0856 e. The first-order chi connectivity index (χ1) is 7.06. The molecule has 0 spiro atoms. The van der Waals surface area contributed by atoms with E-state index >= 15 is 0 Å². The van der Waals surface area contributed by atoms with Crippen LogP contribution in [0.25, 0.3) is 0 Å². The van der Waals surface area contributed by atoms with Crippen molar-refractivity contribution in [2.45, 2.75) is 59.8 Å². The molecule has 0 saturated carbocycles. The molecule has 0 nitrogen and oxygen atoms in total. The topological polar surface area (TPSA) is 0 Å². The van der Waals surface area contributed by atoms with Gasteiger partial charge in [-0.3, -0.25) is 0 Å². The number of hydrogen-bond donors (Lipinski definition) is 0. The fourth-order valence-electron chi connectivity index (χ4n) is 1.45. The van der Waals surface area contributed by atoms with Crippen molar-refractivity contribution < 1.29 is 0 Å². The molecule has 0 aromatic rings. The first-order valence-electron chi connectivity index (χ1n) is 6.14. The van der Waals surface area contributed by atoms with Crippen molar-refractivity contribution in [3.05, 3.63) is 30.2 Å². The highest BCUT2D eigenvalue weighted by atomic mass is 14.0. The minimum Gasteiger partial charge on any atom is -0.0856 e. The summed E-state index contributed by atoms with van der Waals surface area (Å²) in [6.45, 7) is 12.8. The molecule has 15 heavy (non-hydrogen) atoms. The third-order valence-corrected chi connectivity index (χ3v) is 2.74. The van der Waals surface area contributed by atoms with E-state index in [0.29, 0.717) is 0 Å². The van der Waals surface area contributed by atoms with Crippen LogP contribution in [-0.4, -0.2) is 0 Å². The first-order valence-corrected chi connectivity index (χ1v) is 6.14. The summed E-state index contributed by atoms with van der Waals surface area (Å²) in [5, 5.41) is 0. The zero-order valence-corrected chi connectivity index (χ0v) is 11.0. The zero-order chi connectivity index (χ0) is 11.7. The summed E-state index contributed by atoms with van der Waals surface area (Å²) >= 11 is 0. The third kappa shape index (κ3) is 9.78. The molecule has 0 aromatic carbocycles. The summed E-state index contributed by atoms with van der Waals surface area (Å²) in [6, 6.07) is 0. The Morgan fingerprint density at radius 2 is 1.80 bits per heavy atom. The summed E-state index contributed by atoms with van der Waals surface area (Å²) in [5.74, 6) is 0.770. The second-order valence-corrected chi connectivity index (χ2v) is 4.84. The van der Waals surface area contributed by atoms with Crippen molar-refractivity contribution in [3.8, 4) is 0 Å². The maximum atomic E-state index is 3.92. The van der Waals surface area contributed by atoms with Gasteiger partial charge in [0.2, 0.25) is 0 Å². The molecule has 0 rings (SSSR count). The van der Waals surface area contributed by atoms with Gasteiger partial charge in [0.05, 0.1) is 0 Å². The van der Waals surface area contributed by atoms with Crippen LogP contribution in [0.4, 0.5) is 0 Å². The van der Waals surface area contributed by atoms with Crippen LogP contribution in [0.1, 0.15) is 59.8 Å². The van der Waals surface area contributed by atoms with Crippen LogP contribution in [0, 0.1) is 12.8 Å². The lowest BCUT2D eigenvalue weighted by Crippen LogP contribution is -1.90. The monoisotopic (exact) mass is 207 g/mol. The predicted molar refractivity (Wildman–Crippen MR) is 70.8 cm³/mol. The van der Waals surface area contributed by atoms with Crippen molar-refractivity contribution >= 4 is 0 Å². The second kappa shape index (κ2) is 8.76. The molecule has 0 aliphatic rings. The molecule has 0 amide bonds. The maximum absolute atomic E-state index is 3.92. The van der Waals surface area contributed by atoms with Crippen LogP contribution < -0.4 is 0 Å². The highest BCUT2D eigenvalue weighted by Crippen LogP contribution is 2.13. The lowest BCUT2D eigenvalue weighted by Gasteiger charge is -2.05. The maximum Gasteiger partial charge on any atom is -0.0288 e. The molecule has 0 N–H and O–H groups in total. The second-order valence-electron chi connectivity index (χ2n) is 4.84. The molecule has 0 fully saturated rings. The smallest absolute Gasteiger partial charge is 0.0288 e. The first kappa shape index (κ1) is 14.5. The molecule has 0 heteroatoms. The van der Waals surface area contributed by atoms with Crippen LogP contribution in [0.3, 0.4) is 0 Å².